The lowest BCUT2D eigenvalue weighted by atomic mass is 9.92. The van der Waals surface area contributed by atoms with Crippen molar-refractivity contribution in [3.63, 3.8) is 0 Å². The molecule has 5 heteroatoms. The van der Waals surface area contributed by atoms with Crippen LogP contribution >= 0.6 is 11.3 Å². The maximum atomic E-state index is 12.2. The van der Waals surface area contributed by atoms with Crippen molar-refractivity contribution >= 4 is 17.2 Å². The van der Waals surface area contributed by atoms with Crippen molar-refractivity contribution in [3.05, 3.63) is 52.5 Å². The molecule has 1 heterocycles. The second-order valence-electron chi connectivity index (χ2n) is 5.83. The predicted octanol–water partition coefficient (Wildman–Crippen LogP) is 2.79. The number of nitrogens with zero attached hydrogens (tertiary/aromatic N) is 1. The molecule has 1 atom stereocenters. The average molecular weight is 304 g/mol. The van der Waals surface area contributed by atoms with E-state index in [-0.39, 0.29) is 12.3 Å². The number of hydrogen-bond donors (Lipinski definition) is 2. The molecule has 21 heavy (non-hydrogen) atoms. The van der Waals surface area contributed by atoms with Crippen LogP contribution < -0.4 is 5.32 Å². The predicted molar refractivity (Wildman–Crippen MR) is 83.9 cm³/mol. The summed E-state index contributed by atoms with van der Waals surface area (Å²) >= 11 is 1.50. The molecular formula is C16H20N2O2S. The lowest BCUT2D eigenvalue weighted by Gasteiger charge is -2.28. The van der Waals surface area contributed by atoms with E-state index in [9.17, 15) is 9.90 Å². The number of rotatable bonds is 5. The molecule has 0 fully saturated rings. The topological polar surface area (TPSA) is 62.2 Å². The molecule has 1 aromatic carbocycles. The molecular weight excluding hydrogens is 284 g/mol. The molecule has 112 valence electrons. The van der Waals surface area contributed by atoms with E-state index in [1.165, 1.54) is 11.3 Å². The molecule has 0 aliphatic rings. The lowest BCUT2D eigenvalue weighted by Crippen LogP contribution is -2.43. The van der Waals surface area contributed by atoms with Crippen molar-refractivity contribution in [2.45, 2.75) is 38.3 Å². The van der Waals surface area contributed by atoms with Gasteiger partial charge in [0.25, 0.3) is 0 Å². The van der Waals surface area contributed by atoms with Gasteiger partial charge in [0, 0.05) is 11.6 Å². The molecule has 0 saturated heterocycles. The molecule has 0 aliphatic carbocycles. The van der Waals surface area contributed by atoms with Gasteiger partial charge in [0.15, 0.2) is 0 Å². The van der Waals surface area contributed by atoms with Crippen molar-refractivity contribution in [3.8, 4) is 0 Å². The number of hydrogen-bond acceptors (Lipinski definition) is 4. The quantitative estimate of drug-likeness (QED) is 0.893. The standard InChI is InChI=1S/C16H20N2O2S/c1-15(2,14-17-9-10-21-14)18-13(19)11-16(3,20)12-7-5-4-6-8-12/h4-10,20H,11H2,1-3H3,(H,18,19). The summed E-state index contributed by atoms with van der Waals surface area (Å²) in [6.45, 7) is 5.46. The summed E-state index contributed by atoms with van der Waals surface area (Å²) in [5.41, 5.74) is -1.00. The molecule has 0 aliphatic heterocycles. The fourth-order valence-electron chi connectivity index (χ4n) is 2.19. The molecule has 2 aromatic rings. The minimum atomic E-state index is -1.19. The van der Waals surface area contributed by atoms with Crippen molar-refractivity contribution in [2.75, 3.05) is 0 Å². The normalized spacial score (nSPS) is 14.5. The number of benzene rings is 1. The molecule has 4 nitrogen and oxygen atoms in total. The molecule has 0 radical (unpaired) electrons. The fourth-order valence-corrected chi connectivity index (χ4v) is 2.91. The van der Waals surface area contributed by atoms with Crippen LogP contribution in [0, 0.1) is 0 Å². The second-order valence-corrected chi connectivity index (χ2v) is 6.72. The molecule has 0 saturated carbocycles. The Hall–Kier alpha value is -1.72. The lowest BCUT2D eigenvalue weighted by molar-refractivity contribution is -0.127. The Labute approximate surface area is 128 Å². The van der Waals surface area contributed by atoms with Gasteiger partial charge in [0.05, 0.1) is 17.6 Å². The zero-order valence-electron chi connectivity index (χ0n) is 12.5. The van der Waals surface area contributed by atoms with Crippen molar-refractivity contribution in [1.29, 1.82) is 0 Å². The molecule has 2 N–H and O–H groups in total. The first-order valence-electron chi connectivity index (χ1n) is 6.80. The van der Waals surface area contributed by atoms with E-state index < -0.39 is 11.1 Å². The van der Waals surface area contributed by atoms with Crippen LogP contribution in [-0.2, 0) is 15.9 Å². The summed E-state index contributed by atoms with van der Waals surface area (Å²) in [5.74, 6) is -0.205. The monoisotopic (exact) mass is 304 g/mol. The number of carbonyl (C=O) groups excluding carboxylic acids is 1. The summed E-state index contributed by atoms with van der Waals surface area (Å²) in [7, 11) is 0. The number of thiazole rings is 1. The third-order valence-electron chi connectivity index (χ3n) is 3.32. The molecule has 1 aromatic heterocycles. The molecule has 2 rings (SSSR count). The minimum Gasteiger partial charge on any atom is -0.385 e. The SMILES string of the molecule is CC(O)(CC(=O)NC(C)(C)c1nccs1)c1ccccc1. The van der Waals surface area contributed by atoms with Crippen LogP contribution in [0.2, 0.25) is 0 Å². The van der Waals surface area contributed by atoms with E-state index in [0.717, 1.165) is 10.6 Å². The van der Waals surface area contributed by atoms with Crippen LogP contribution in [0.15, 0.2) is 41.9 Å². The smallest absolute Gasteiger partial charge is 0.223 e. The second kappa shape index (κ2) is 5.95. The number of carbonyl (C=O) groups is 1. The van der Waals surface area contributed by atoms with Gasteiger partial charge in [-0.2, -0.15) is 0 Å². The van der Waals surface area contributed by atoms with Crippen LogP contribution in [0.1, 0.15) is 37.8 Å². The summed E-state index contributed by atoms with van der Waals surface area (Å²) < 4.78 is 0. The highest BCUT2D eigenvalue weighted by Crippen LogP contribution is 2.26. The van der Waals surface area contributed by atoms with E-state index in [2.05, 4.69) is 10.3 Å². The molecule has 0 bridgehead atoms. The van der Waals surface area contributed by atoms with Gasteiger partial charge in [-0.05, 0) is 26.3 Å². The first kappa shape index (κ1) is 15.7. The highest BCUT2D eigenvalue weighted by Gasteiger charge is 2.31. The van der Waals surface area contributed by atoms with Crippen LogP contribution in [-0.4, -0.2) is 16.0 Å². The van der Waals surface area contributed by atoms with Gasteiger partial charge in [-0.3, -0.25) is 4.79 Å². The molecule has 0 spiro atoms. The van der Waals surface area contributed by atoms with Crippen molar-refractivity contribution < 1.29 is 9.90 Å². The van der Waals surface area contributed by atoms with Gasteiger partial charge in [-0.15, -0.1) is 11.3 Å². The minimum absolute atomic E-state index is 0.00577. The fraction of sp³-hybridized carbons (Fsp3) is 0.375. The number of amides is 1. The van der Waals surface area contributed by atoms with E-state index in [4.69, 9.17) is 0 Å². The summed E-state index contributed by atoms with van der Waals surface area (Å²) in [6.07, 6.45) is 1.72. The van der Waals surface area contributed by atoms with Gasteiger partial charge < -0.3 is 10.4 Å². The van der Waals surface area contributed by atoms with Gasteiger partial charge in [-0.1, -0.05) is 30.3 Å². The Balaban J connectivity index is 2.05. The van der Waals surface area contributed by atoms with Gasteiger partial charge >= 0.3 is 0 Å². The van der Waals surface area contributed by atoms with Crippen molar-refractivity contribution in [2.24, 2.45) is 0 Å². The van der Waals surface area contributed by atoms with Gasteiger partial charge in [0.1, 0.15) is 5.01 Å². The molecule has 1 amide bonds. The van der Waals surface area contributed by atoms with Gasteiger partial charge in [-0.25, -0.2) is 4.98 Å². The van der Waals surface area contributed by atoms with Crippen LogP contribution in [0.25, 0.3) is 0 Å². The van der Waals surface area contributed by atoms with Crippen LogP contribution in [0.5, 0.6) is 0 Å². The summed E-state index contributed by atoms with van der Waals surface area (Å²) in [5, 5.41) is 16.2. The first-order chi connectivity index (χ1) is 9.81. The largest absolute Gasteiger partial charge is 0.385 e. The zero-order valence-corrected chi connectivity index (χ0v) is 13.3. The number of aromatic nitrogens is 1. The molecule has 1 unspecified atom stereocenters. The van der Waals surface area contributed by atoms with Crippen molar-refractivity contribution in [1.82, 2.24) is 10.3 Å². The highest BCUT2D eigenvalue weighted by atomic mass is 32.1. The van der Waals surface area contributed by atoms with Crippen LogP contribution in [0.3, 0.4) is 0 Å². The number of aliphatic hydroxyl groups is 1. The van der Waals surface area contributed by atoms with Crippen LogP contribution in [0.4, 0.5) is 0 Å². The van der Waals surface area contributed by atoms with E-state index >= 15 is 0 Å². The Bertz CT molecular complexity index is 592. The van der Waals surface area contributed by atoms with E-state index in [1.807, 2.05) is 49.6 Å². The van der Waals surface area contributed by atoms with E-state index in [1.54, 1.807) is 13.1 Å². The maximum Gasteiger partial charge on any atom is 0.223 e. The third kappa shape index (κ3) is 3.89. The third-order valence-corrected chi connectivity index (χ3v) is 4.42. The summed E-state index contributed by atoms with van der Waals surface area (Å²) in [4.78, 5) is 16.5. The maximum absolute atomic E-state index is 12.2. The number of nitrogens with one attached hydrogen (secondary N) is 1. The zero-order chi connectivity index (χ0) is 15.5. The average Bonchev–Trinajstić information content (AvgIpc) is 2.93. The Morgan fingerprint density at radius 1 is 1.29 bits per heavy atom. The Kier molecular flexibility index (Phi) is 4.44. The van der Waals surface area contributed by atoms with E-state index in [0.29, 0.717) is 0 Å². The Morgan fingerprint density at radius 2 is 1.95 bits per heavy atom. The van der Waals surface area contributed by atoms with Gasteiger partial charge in [0.2, 0.25) is 5.91 Å². The first-order valence-corrected chi connectivity index (χ1v) is 7.68. The Morgan fingerprint density at radius 3 is 2.52 bits per heavy atom. The summed E-state index contributed by atoms with van der Waals surface area (Å²) in [6, 6.07) is 9.21. The highest BCUT2D eigenvalue weighted by molar-refractivity contribution is 7.09.